The van der Waals surface area contributed by atoms with Crippen molar-refractivity contribution >= 4 is 10.8 Å². The number of hydrogen-bond donors (Lipinski definition) is 2. The Labute approximate surface area is 125 Å². The van der Waals surface area contributed by atoms with E-state index in [9.17, 15) is 4.79 Å². The normalized spacial score (nSPS) is 15.8. The van der Waals surface area contributed by atoms with Crippen molar-refractivity contribution in [2.75, 3.05) is 14.1 Å². The summed E-state index contributed by atoms with van der Waals surface area (Å²) in [4.78, 5) is 16.1. The van der Waals surface area contributed by atoms with Crippen LogP contribution in [0.4, 0.5) is 0 Å². The van der Waals surface area contributed by atoms with Crippen molar-refractivity contribution in [3.63, 3.8) is 0 Å². The lowest BCUT2D eigenvalue weighted by atomic mass is 9.95. The standard InChI is InChI=1S/C9H7NO2.C8H17N/c11-7-1-2-8-6(5-7)3-4-10-9(8)12;1-9(2)8-6-4-3-5-7-8/h1-5,11H,(H,10,12);8H,3-7H2,1-2H3. The summed E-state index contributed by atoms with van der Waals surface area (Å²) in [5.74, 6) is 0.174. The van der Waals surface area contributed by atoms with E-state index in [1.807, 2.05) is 0 Å². The maximum absolute atomic E-state index is 11.2. The van der Waals surface area contributed by atoms with E-state index in [1.54, 1.807) is 24.4 Å². The van der Waals surface area contributed by atoms with Crippen LogP contribution in [0.1, 0.15) is 32.1 Å². The lowest BCUT2D eigenvalue weighted by Gasteiger charge is -2.27. The van der Waals surface area contributed by atoms with Gasteiger partial charge in [-0.2, -0.15) is 0 Å². The molecule has 0 atom stereocenters. The number of rotatable bonds is 1. The third-order valence-electron chi connectivity index (χ3n) is 4.06. The van der Waals surface area contributed by atoms with E-state index in [2.05, 4.69) is 24.0 Å². The smallest absolute Gasteiger partial charge is 0.255 e. The molecule has 0 bridgehead atoms. The summed E-state index contributed by atoms with van der Waals surface area (Å²) in [5.41, 5.74) is -0.132. The second-order valence-electron chi connectivity index (χ2n) is 5.83. The fourth-order valence-corrected chi connectivity index (χ4v) is 2.78. The highest BCUT2D eigenvalue weighted by Gasteiger charge is 2.13. The van der Waals surface area contributed by atoms with Crippen molar-refractivity contribution in [3.05, 3.63) is 40.8 Å². The molecule has 0 radical (unpaired) electrons. The number of aromatic amines is 1. The monoisotopic (exact) mass is 288 g/mol. The molecule has 1 aromatic heterocycles. The molecule has 1 saturated carbocycles. The van der Waals surface area contributed by atoms with Gasteiger partial charge in [-0.3, -0.25) is 4.79 Å². The van der Waals surface area contributed by atoms with Crippen LogP contribution in [0.15, 0.2) is 35.3 Å². The second-order valence-corrected chi connectivity index (χ2v) is 5.83. The lowest BCUT2D eigenvalue weighted by Crippen LogP contribution is -2.29. The van der Waals surface area contributed by atoms with E-state index in [4.69, 9.17) is 5.11 Å². The summed E-state index contributed by atoms with van der Waals surface area (Å²) in [6, 6.07) is 7.29. The first-order chi connectivity index (χ1) is 10.1. The third kappa shape index (κ3) is 4.33. The molecule has 4 nitrogen and oxygen atoms in total. The van der Waals surface area contributed by atoms with Crippen LogP contribution in [0.3, 0.4) is 0 Å². The van der Waals surface area contributed by atoms with Gasteiger partial charge in [-0.1, -0.05) is 19.3 Å². The van der Waals surface area contributed by atoms with Crippen molar-refractivity contribution in [1.82, 2.24) is 9.88 Å². The number of pyridine rings is 1. The molecule has 0 aliphatic heterocycles. The minimum Gasteiger partial charge on any atom is -0.508 e. The summed E-state index contributed by atoms with van der Waals surface area (Å²) in [6.45, 7) is 0. The summed E-state index contributed by atoms with van der Waals surface area (Å²) in [6.07, 6.45) is 8.76. The first-order valence-corrected chi connectivity index (χ1v) is 7.55. The first kappa shape index (κ1) is 15.6. The largest absolute Gasteiger partial charge is 0.508 e. The maximum Gasteiger partial charge on any atom is 0.255 e. The Bertz CT molecular complexity index is 628. The summed E-state index contributed by atoms with van der Waals surface area (Å²) in [5, 5.41) is 10.5. The highest BCUT2D eigenvalue weighted by molar-refractivity contribution is 5.82. The van der Waals surface area contributed by atoms with Gasteiger partial charge in [0.25, 0.3) is 5.56 Å². The highest BCUT2D eigenvalue weighted by Crippen LogP contribution is 2.20. The maximum atomic E-state index is 11.2. The Morgan fingerprint density at radius 3 is 2.48 bits per heavy atom. The molecule has 0 amide bonds. The zero-order valence-electron chi connectivity index (χ0n) is 12.8. The molecule has 2 N–H and O–H groups in total. The van der Waals surface area contributed by atoms with Gasteiger partial charge in [0.05, 0.1) is 0 Å². The van der Waals surface area contributed by atoms with Crippen LogP contribution in [0, 0.1) is 0 Å². The van der Waals surface area contributed by atoms with Gasteiger partial charge in [0.15, 0.2) is 0 Å². The minimum absolute atomic E-state index is 0.132. The number of phenols is 1. The molecule has 0 saturated heterocycles. The highest BCUT2D eigenvalue weighted by atomic mass is 16.3. The molecular formula is C17H24N2O2. The lowest BCUT2D eigenvalue weighted by molar-refractivity contribution is 0.229. The quantitative estimate of drug-likeness (QED) is 0.847. The van der Waals surface area contributed by atoms with Gasteiger partial charge in [0, 0.05) is 17.6 Å². The summed E-state index contributed by atoms with van der Waals surface area (Å²) < 4.78 is 0. The number of nitrogens with one attached hydrogen (secondary N) is 1. The summed E-state index contributed by atoms with van der Waals surface area (Å²) in [7, 11) is 4.38. The van der Waals surface area contributed by atoms with Gasteiger partial charge in [-0.25, -0.2) is 0 Å². The number of nitrogens with zero attached hydrogens (tertiary/aromatic N) is 1. The average Bonchev–Trinajstić information content (AvgIpc) is 2.49. The van der Waals surface area contributed by atoms with Crippen LogP contribution in [0.2, 0.25) is 0 Å². The molecule has 114 valence electrons. The van der Waals surface area contributed by atoms with E-state index < -0.39 is 0 Å². The first-order valence-electron chi connectivity index (χ1n) is 7.55. The van der Waals surface area contributed by atoms with Gasteiger partial charge in [0.1, 0.15) is 5.75 Å². The average molecular weight is 288 g/mol. The molecule has 1 aliphatic rings. The van der Waals surface area contributed by atoms with Gasteiger partial charge < -0.3 is 15.0 Å². The molecule has 1 fully saturated rings. The second kappa shape index (κ2) is 7.27. The molecule has 1 aromatic carbocycles. The topological polar surface area (TPSA) is 56.3 Å². The number of phenolic OH excluding ortho intramolecular Hbond substituents is 1. The zero-order valence-corrected chi connectivity index (χ0v) is 12.8. The zero-order chi connectivity index (χ0) is 15.2. The predicted octanol–water partition coefficient (Wildman–Crippen LogP) is 3.11. The Morgan fingerprint density at radius 2 is 1.86 bits per heavy atom. The van der Waals surface area contributed by atoms with Crippen LogP contribution < -0.4 is 5.56 Å². The Hall–Kier alpha value is -1.81. The van der Waals surface area contributed by atoms with E-state index in [0.29, 0.717) is 5.39 Å². The Morgan fingerprint density at radius 1 is 1.14 bits per heavy atom. The number of H-pyrrole nitrogens is 1. The van der Waals surface area contributed by atoms with E-state index in [-0.39, 0.29) is 11.3 Å². The van der Waals surface area contributed by atoms with Gasteiger partial charge >= 0.3 is 0 Å². The molecule has 1 aliphatic carbocycles. The molecule has 0 unspecified atom stereocenters. The number of fused-ring (bicyclic) bond motifs is 1. The number of aromatic hydroxyl groups is 1. The third-order valence-corrected chi connectivity index (χ3v) is 4.06. The number of hydrogen-bond acceptors (Lipinski definition) is 3. The van der Waals surface area contributed by atoms with E-state index >= 15 is 0 Å². The SMILES string of the molecule is CN(C)C1CCCCC1.O=c1[nH]ccc2cc(O)ccc12. The molecular weight excluding hydrogens is 264 g/mol. The Kier molecular flexibility index (Phi) is 5.39. The van der Waals surface area contributed by atoms with Gasteiger partial charge in [-0.05, 0) is 56.6 Å². The van der Waals surface area contributed by atoms with Crippen molar-refractivity contribution in [1.29, 1.82) is 0 Å². The molecule has 2 aromatic rings. The molecule has 3 rings (SSSR count). The van der Waals surface area contributed by atoms with Crippen LogP contribution in [0.25, 0.3) is 10.8 Å². The van der Waals surface area contributed by atoms with Crippen molar-refractivity contribution in [2.24, 2.45) is 0 Å². The fraction of sp³-hybridized carbons (Fsp3) is 0.471. The van der Waals surface area contributed by atoms with Gasteiger partial charge in [-0.15, -0.1) is 0 Å². The van der Waals surface area contributed by atoms with E-state index in [0.717, 1.165) is 11.4 Å². The molecule has 1 heterocycles. The number of benzene rings is 1. The molecule has 21 heavy (non-hydrogen) atoms. The summed E-state index contributed by atoms with van der Waals surface area (Å²) >= 11 is 0. The predicted molar refractivity (Wildman–Crippen MR) is 86.8 cm³/mol. The minimum atomic E-state index is -0.132. The van der Waals surface area contributed by atoms with Crippen molar-refractivity contribution in [2.45, 2.75) is 38.1 Å². The molecule has 0 spiro atoms. The van der Waals surface area contributed by atoms with Crippen LogP contribution >= 0.6 is 0 Å². The van der Waals surface area contributed by atoms with Crippen molar-refractivity contribution in [3.8, 4) is 5.75 Å². The fourth-order valence-electron chi connectivity index (χ4n) is 2.78. The van der Waals surface area contributed by atoms with Crippen LogP contribution in [-0.2, 0) is 0 Å². The van der Waals surface area contributed by atoms with Crippen LogP contribution in [0.5, 0.6) is 5.75 Å². The number of aromatic nitrogens is 1. The van der Waals surface area contributed by atoms with E-state index in [1.165, 1.54) is 38.2 Å². The van der Waals surface area contributed by atoms with Crippen molar-refractivity contribution < 1.29 is 5.11 Å². The molecule has 4 heteroatoms. The van der Waals surface area contributed by atoms with Gasteiger partial charge in [0.2, 0.25) is 0 Å². The van der Waals surface area contributed by atoms with Crippen LogP contribution in [-0.4, -0.2) is 35.1 Å². The Balaban J connectivity index is 0.000000161.